The SMILES string of the molecule is CN(CC(=O)NC(c1ccccc1)c1ccc(Cl)cc1)C(=O)c1ccco1. The first kappa shape index (κ1) is 18.7. The number of furan rings is 1. The molecule has 1 unspecified atom stereocenters. The summed E-state index contributed by atoms with van der Waals surface area (Å²) in [6.45, 7) is -0.0868. The molecule has 6 heteroatoms. The van der Waals surface area contributed by atoms with E-state index in [4.69, 9.17) is 16.0 Å². The van der Waals surface area contributed by atoms with Crippen molar-refractivity contribution in [2.75, 3.05) is 13.6 Å². The van der Waals surface area contributed by atoms with Crippen LogP contribution < -0.4 is 5.32 Å². The maximum absolute atomic E-state index is 12.6. The monoisotopic (exact) mass is 382 g/mol. The van der Waals surface area contributed by atoms with Gasteiger partial charge in [0.2, 0.25) is 5.91 Å². The number of carbonyl (C=O) groups excluding carboxylic acids is 2. The molecule has 0 saturated carbocycles. The number of rotatable bonds is 6. The van der Waals surface area contributed by atoms with E-state index in [-0.39, 0.29) is 30.2 Å². The van der Waals surface area contributed by atoms with Crippen molar-refractivity contribution >= 4 is 23.4 Å². The summed E-state index contributed by atoms with van der Waals surface area (Å²) >= 11 is 5.98. The molecule has 0 radical (unpaired) electrons. The summed E-state index contributed by atoms with van der Waals surface area (Å²) in [5, 5.41) is 3.62. The third-order valence-electron chi connectivity index (χ3n) is 4.10. The third kappa shape index (κ3) is 4.77. The number of benzene rings is 2. The van der Waals surface area contributed by atoms with Crippen LogP contribution in [0.1, 0.15) is 27.7 Å². The molecule has 0 spiro atoms. The summed E-state index contributed by atoms with van der Waals surface area (Å²) < 4.78 is 5.09. The number of hydrogen-bond donors (Lipinski definition) is 1. The second kappa shape index (κ2) is 8.56. The van der Waals surface area contributed by atoms with Gasteiger partial charge >= 0.3 is 0 Å². The van der Waals surface area contributed by atoms with E-state index in [9.17, 15) is 9.59 Å². The molecule has 2 aromatic carbocycles. The van der Waals surface area contributed by atoms with Crippen LogP contribution in [0.15, 0.2) is 77.4 Å². The van der Waals surface area contributed by atoms with Gasteiger partial charge in [0, 0.05) is 12.1 Å². The second-order valence-electron chi connectivity index (χ2n) is 6.10. The average Bonchev–Trinajstić information content (AvgIpc) is 3.21. The fourth-order valence-electron chi connectivity index (χ4n) is 2.74. The first-order valence-corrected chi connectivity index (χ1v) is 8.81. The van der Waals surface area contributed by atoms with Gasteiger partial charge < -0.3 is 14.6 Å². The standard InChI is InChI=1S/C21H19ClN2O3/c1-24(21(26)18-8-5-13-27-18)14-19(25)23-20(15-6-3-2-4-7-15)16-9-11-17(22)12-10-16/h2-13,20H,14H2,1H3,(H,23,25). The van der Waals surface area contributed by atoms with Crippen LogP contribution >= 0.6 is 11.6 Å². The molecule has 1 aromatic heterocycles. The van der Waals surface area contributed by atoms with Crippen molar-refractivity contribution in [3.05, 3.63) is 94.9 Å². The molecule has 1 atom stereocenters. The largest absolute Gasteiger partial charge is 0.459 e. The number of carbonyl (C=O) groups is 2. The Bertz CT molecular complexity index is 893. The number of halogens is 1. The predicted octanol–water partition coefficient (Wildman–Crippen LogP) is 3.91. The Kier molecular flexibility index (Phi) is 5.94. The normalized spacial score (nSPS) is 11.6. The van der Waals surface area contributed by atoms with Gasteiger partial charge in [0.25, 0.3) is 5.91 Å². The maximum atomic E-state index is 12.6. The number of amides is 2. The van der Waals surface area contributed by atoms with Crippen LogP contribution in [0, 0.1) is 0 Å². The van der Waals surface area contributed by atoms with Crippen LogP contribution in [-0.2, 0) is 4.79 Å². The van der Waals surface area contributed by atoms with Gasteiger partial charge in [-0.15, -0.1) is 0 Å². The highest BCUT2D eigenvalue weighted by molar-refractivity contribution is 6.30. The van der Waals surface area contributed by atoms with Crippen molar-refractivity contribution < 1.29 is 14.0 Å². The molecule has 0 aliphatic heterocycles. The molecule has 3 aromatic rings. The van der Waals surface area contributed by atoms with E-state index < -0.39 is 0 Å². The molecule has 0 aliphatic carbocycles. The van der Waals surface area contributed by atoms with Gasteiger partial charge in [-0.25, -0.2) is 0 Å². The fraction of sp³-hybridized carbons (Fsp3) is 0.143. The number of nitrogens with zero attached hydrogens (tertiary/aromatic N) is 1. The topological polar surface area (TPSA) is 62.6 Å². The highest BCUT2D eigenvalue weighted by Gasteiger charge is 2.21. The second-order valence-corrected chi connectivity index (χ2v) is 6.54. The van der Waals surface area contributed by atoms with E-state index in [2.05, 4.69) is 5.32 Å². The Balaban J connectivity index is 1.74. The molecule has 2 amide bonds. The molecule has 3 rings (SSSR count). The van der Waals surface area contributed by atoms with Gasteiger partial charge in [0.05, 0.1) is 18.8 Å². The van der Waals surface area contributed by atoms with E-state index in [0.717, 1.165) is 11.1 Å². The van der Waals surface area contributed by atoms with Crippen molar-refractivity contribution in [1.82, 2.24) is 10.2 Å². The van der Waals surface area contributed by atoms with Crippen LogP contribution in [0.5, 0.6) is 0 Å². The summed E-state index contributed by atoms with van der Waals surface area (Å²) in [5.74, 6) is -0.429. The summed E-state index contributed by atoms with van der Waals surface area (Å²) in [6, 6.07) is 19.8. The Morgan fingerprint density at radius 3 is 2.30 bits per heavy atom. The van der Waals surface area contributed by atoms with E-state index in [1.807, 2.05) is 42.5 Å². The molecular weight excluding hydrogens is 364 g/mol. The molecule has 5 nitrogen and oxygen atoms in total. The van der Waals surface area contributed by atoms with E-state index in [0.29, 0.717) is 5.02 Å². The van der Waals surface area contributed by atoms with Crippen molar-refractivity contribution in [3.63, 3.8) is 0 Å². The lowest BCUT2D eigenvalue weighted by molar-refractivity contribution is -0.122. The zero-order valence-corrected chi connectivity index (χ0v) is 15.5. The molecule has 0 bridgehead atoms. The first-order chi connectivity index (χ1) is 13.0. The molecule has 0 fully saturated rings. The Morgan fingerprint density at radius 1 is 1.00 bits per heavy atom. The Hall–Kier alpha value is -3.05. The van der Waals surface area contributed by atoms with E-state index >= 15 is 0 Å². The van der Waals surface area contributed by atoms with Crippen LogP contribution in [0.4, 0.5) is 0 Å². The molecule has 1 heterocycles. The molecule has 138 valence electrons. The van der Waals surface area contributed by atoms with Gasteiger partial charge in [0.1, 0.15) is 0 Å². The third-order valence-corrected chi connectivity index (χ3v) is 4.35. The summed E-state index contributed by atoms with van der Waals surface area (Å²) in [7, 11) is 1.56. The lowest BCUT2D eigenvalue weighted by Crippen LogP contribution is -2.40. The number of likely N-dealkylation sites (N-methyl/N-ethyl adjacent to an activating group) is 1. The minimum absolute atomic E-state index is 0.0868. The average molecular weight is 383 g/mol. The molecule has 0 saturated heterocycles. The quantitative estimate of drug-likeness (QED) is 0.703. The van der Waals surface area contributed by atoms with Gasteiger partial charge in [0.15, 0.2) is 5.76 Å². The number of hydrogen-bond acceptors (Lipinski definition) is 3. The van der Waals surface area contributed by atoms with Crippen molar-refractivity contribution in [2.24, 2.45) is 0 Å². The molecule has 1 N–H and O–H groups in total. The van der Waals surface area contributed by atoms with Crippen molar-refractivity contribution in [2.45, 2.75) is 6.04 Å². The van der Waals surface area contributed by atoms with Gasteiger partial charge in [-0.3, -0.25) is 9.59 Å². The minimum atomic E-state index is -0.349. The highest BCUT2D eigenvalue weighted by Crippen LogP contribution is 2.23. The zero-order valence-electron chi connectivity index (χ0n) is 14.8. The summed E-state index contributed by atoms with van der Waals surface area (Å²) in [5.41, 5.74) is 1.84. The fourth-order valence-corrected chi connectivity index (χ4v) is 2.87. The van der Waals surface area contributed by atoms with Crippen LogP contribution in [0.2, 0.25) is 5.02 Å². The van der Waals surface area contributed by atoms with Crippen LogP contribution in [0.25, 0.3) is 0 Å². The van der Waals surface area contributed by atoms with Crippen LogP contribution in [-0.4, -0.2) is 30.3 Å². The summed E-state index contributed by atoms with van der Waals surface area (Å²) in [6.07, 6.45) is 1.42. The molecule has 0 aliphatic rings. The predicted molar refractivity (Wildman–Crippen MR) is 104 cm³/mol. The van der Waals surface area contributed by atoms with Gasteiger partial charge in [-0.2, -0.15) is 0 Å². The van der Waals surface area contributed by atoms with E-state index in [1.165, 1.54) is 11.2 Å². The minimum Gasteiger partial charge on any atom is -0.459 e. The first-order valence-electron chi connectivity index (χ1n) is 8.43. The number of nitrogens with one attached hydrogen (secondary N) is 1. The summed E-state index contributed by atoms with van der Waals surface area (Å²) in [4.78, 5) is 26.1. The molecular formula is C21H19ClN2O3. The lowest BCUT2D eigenvalue weighted by atomic mass is 9.98. The lowest BCUT2D eigenvalue weighted by Gasteiger charge is -2.22. The van der Waals surface area contributed by atoms with Crippen LogP contribution in [0.3, 0.4) is 0 Å². The molecule has 27 heavy (non-hydrogen) atoms. The Morgan fingerprint density at radius 2 is 1.67 bits per heavy atom. The van der Waals surface area contributed by atoms with Gasteiger partial charge in [-0.05, 0) is 35.4 Å². The van der Waals surface area contributed by atoms with E-state index in [1.54, 1.807) is 31.3 Å². The highest BCUT2D eigenvalue weighted by atomic mass is 35.5. The smallest absolute Gasteiger partial charge is 0.289 e. The Labute approximate surface area is 162 Å². The van der Waals surface area contributed by atoms with Gasteiger partial charge in [-0.1, -0.05) is 54.1 Å². The zero-order chi connectivity index (χ0) is 19.2. The van der Waals surface area contributed by atoms with Crippen molar-refractivity contribution in [1.29, 1.82) is 0 Å². The maximum Gasteiger partial charge on any atom is 0.289 e. The van der Waals surface area contributed by atoms with Crippen molar-refractivity contribution in [3.8, 4) is 0 Å².